The van der Waals surface area contributed by atoms with Gasteiger partial charge in [-0.3, -0.25) is 4.79 Å². The fraction of sp³-hybridized carbons (Fsp3) is 0.333. The summed E-state index contributed by atoms with van der Waals surface area (Å²) in [5.41, 5.74) is 3.60. The first-order chi connectivity index (χ1) is 13.1. The lowest BCUT2D eigenvalue weighted by molar-refractivity contribution is -0.132. The quantitative estimate of drug-likeness (QED) is 0.688. The lowest BCUT2D eigenvalue weighted by Crippen LogP contribution is -2.37. The second-order valence-electron chi connectivity index (χ2n) is 6.68. The summed E-state index contributed by atoms with van der Waals surface area (Å²) in [6, 6.07) is 15.9. The third-order valence-corrected chi connectivity index (χ3v) is 5.17. The van der Waals surface area contributed by atoms with Gasteiger partial charge in [0.1, 0.15) is 0 Å². The van der Waals surface area contributed by atoms with E-state index in [4.69, 9.17) is 0 Å². The van der Waals surface area contributed by atoms with Gasteiger partial charge in [0.25, 0.3) is 0 Å². The van der Waals surface area contributed by atoms with Crippen molar-refractivity contribution in [3.63, 3.8) is 0 Å². The Morgan fingerprint density at radius 3 is 2.67 bits per heavy atom. The minimum Gasteiger partial charge on any atom is -0.338 e. The highest BCUT2D eigenvalue weighted by atomic mass is 79.9. The molecule has 2 aromatic carbocycles. The van der Waals surface area contributed by atoms with Gasteiger partial charge in [-0.1, -0.05) is 52.3 Å². The van der Waals surface area contributed by atoms with Gasteiger partial charge in [-0.2, -0.15) is 0 Å². The van der Waals surface area contributed by atoms with Crippen molar-refractivity contribution in [2.75, 3.05) is 13.1 Å². The average Bonchev–Trinajstić information content (AvgIpc) is 2.69. The number of fused-ring (bicyclic) bond motifs is 1. The molecule has 0 radical (unpaired) electrons. The molecule has 0 unspecified atom stereocenters. The summed E-state index contributed by atoms with van der Waals surface area (Å²) in [6.45, 7) is 2.42. The molecule has 0 saturated heterocycles. The Kier molecular flexibility index (Phi) is 6.87. The Balaban J connectivity index is 1.33. The van der Waals surface area contributed by atoms with Gasteiger partial charge < -0.3 is 15.5 Å². The van der Waals surface area contributed by atoms with Crippen LogP contribution in [0.3, 0.4) is 0 Å². The van der Waals surface area contributed by atoms with Gasteiger partial charge in [0, 0.05) is 37.1 Å². The van der Waals surface area contributed by atoms with Crippen LogP contribution in [0.2, 0.25) is 0 Å². The summed E-state index contributed by atoms with van der Waals surface area (Å²) in [5.74, 6) is 0.154. The van der Waals surface area contributed by atoms with Crippen LogP contribution in [0.25, 0.3) is 0 Å². The van der Waals surface area contributed by atoms with Crippen LogP contribution in [-0.2, 0) is 24.3 Å². The molecule has 2 N–H and O–H groups in total. The van der Waals surface area contributed by atoms with E-state index in [1.807, 2.05) is 41.3 Å². The molecule has 1 aliphatic rings. The van der Waals surface area contributed by atoms with Crippen LogP contribution in [0.1, 0.15) is 29.5 Å². The van der Waals surface area contributed by atoms with Gasteiger partial charge in [0.2, 0.25) is 5.91 Å². The van der Waals surface area contributed by atoms with Crippen molar-refractivity contribution in [1.29, 1.82) is 0 Å². The fourth-order valence-corrected chi connectivity index (χ4v) is 3.65. The summed E-state index contributed by atoms with van der Waals surface area (Å²) in [6.07, 6.45) is 2.01. The highest BCUT2D eigenvalue weighted by molar-refractivity contribution is 9.10. The topological polar surface area (TPSA) is 61.4 Å². The third-order valence-electron chi connectivity index (χ3n) is 4.68. The molecule has 6 heteroatoms. The van der Waals surface area contributed by atoms with E-state index in [-0.39, 0.29) is 11.9 Å². The Morgan fingerprint density at radius 1 is 1.04 bits per heavy atom. The van der Waals surface area contributed by atoms with Crippen LogP contribution >= 0.6 is 15.9 Å². The van der Waals surface area contributed by atoms with E-state index in [0.29, 0.717) is 32.5 Å². The SMILES string of the molecule is O=C(NCCCC(=O)N1CCc2ccccc2C1)NCc1cccc(Br)c1. The lowest BCUT2D eigenvalue weighted by atomic mass is 9.99. The van der Waals surface area contributed by atoms with Crippen LogP contribution in [0.4, 0.5) is 4.79 Å². The minimum atomic E-state index is -0.214. The monoisotopic (exact) mass is 429 g/mol. The number of amides is 3. The zero-order chi connectivity index (χ0) is 19.1. The van der Waals surface area contributed by atoms with E-state index in [2.05, 4.69) is 38.7 Å². The first-order valence-electron chi connectivity index (χ1n) is 9.22. The van der Waals surface area contributed by atoms with Crippen LogP contribution in [0, 0.1) is 0 Å². The largest absolute Gasteiger partial charge is 0.338 e. The Hall–Kier alpha value is -2.34. The standard InChI is InChI=1S/C21H24BrN3O2/c22-19-8-3-5-16(13-19)14-24-21(27)23-11-4-9-20(26)25-12-10-17-6-1-2-7-18(17)15-25/h1-3,5-8,13H,4,9-12,14-15H2,(H2,23,24,27). The van der Waals surface area contributed by atoms with Crippen molar-refractivity contribution in [1.82, 2.24) is 15.5 Å². The normalized spacial score (nSPS) is 13.0. The van der Waals surface area contributed by atoms with Crippen molar-refractivity contribution >= 4 is 27.9 Å². The first-order valence-corrected chi connectivity index (χ1v) is 10.0. The zero-order valence-corrected chi connectivity index (χ0v) is 16.8. The number of carbonyl (C=O) groups excluding carboxylic acids is 2. The smallest absolute Gasteiger partial charge is 0.315 e. The maximum Gasteiger partial charge on any atom is 0.315 e. The van der Waals surface area contributed by atoms with Crippen LogP contribution in [0.15, 0.2) is 53.0 Å². The molecule has 0 aromatic heterocycles. The number of benzene rings is 2. The third kappa shape index (κ3) is 5.82. The molecule has 0 saturated carbocycles. The number of hydrogen-bond acceptors (Lipinski definition) is 2. The predicted octanol–water partition coefficient (Wildman–Crippen LogP) is 3.61. The minimum absolute atomic E-state index is 0.154. The number of nitrogens with zero attached hydrogens (tertiary/aromatic N) is 1. The second kappa shape index (κ2) is 9.55. The summed E-state index contributed by atoms with van der Waals surface area (Å²) in [5, 5.41) is 5.63. The molecule has 3 amide bonds. The Labute approximate surface area is 168 Å². The van der Waals surface area contributed by atoms with E-state index in [1.165, 1.54) is 11.1 Å². The van der Waals surface area contributed by atoms with Crippen molar-refractivity contribution < 1.29 is 9.59 Å². The van der Waals surface area contributed by atoms with Crippen LogP contribution in [0.5, 0.6) is 0 Å². The number of hydrogen-bond donors (Lipinski definition) is 2. The number of carbonyl (C=O) groups is 2. The van der Waals surface area contributed by atoms with Gasteiger partial charge in [-0.05, 0) is 41.7 Å². The van der Waals surface area contributed by atoms with Crippen molar-refractivity contribution in [3.05, 3.63) is 69.7 Å². The van der Waals surface area contributed by atoms with Gasteiger partial charge in [0.05, 0.1) is 0 Å². The number of rotatable bonds is 6. The summed E-state index contributed by atoms with van der Waals surface area (Å²) >= 11 is 3.41. The fourth-order valence-electron chi connectivity index (χ4n) is 3.20. The molecule has 142 valence electrons. The Bertz CT molecular complexity index is 810. The van der Waals surface area contributed by atoms with Crippen molar-refractivity contribution in [2.45, 2.75) is 32.4 Å². The zero-order valence-electron chi connectivity index (χ0n) is 15.2. The summed E-state index contributed by atoms with van der Waals surface area (Å²) in [7, 11) is 0. The molecular weight excluding hydrogens is 406 g/mol. The van der Waals surface area contributed by atoms with E-state index in [0.717, 1.165) is 23.0 Å². The number of urea groups is 1. The predicted molar refractivity (Wildman–Crippen MR) is 109 cm³/mol. The van der Waals surface area contributed by atoms with E-state index in [1.54, 1.807) is 0 Å². The van der Waals surface area contributed by atoms with Crippen LogP contribution < -0.4 is 10.6 Å². The average molecular weight is 430 g/mol. The lowest BCUT2D eigenvalue weighted by Gasteiger charge is -2.29. The molecule has 2 aromatic rings. The Morgan fingerprint density at radius 2 is 1.85 bits per heavy atom. The first kappa shape index (κ1) is 19.4. The molecule has 27 heavy (non-hydrogen) atoms. The molecule has 0 atom stereocenters. The highest BCUT2D eigenvalue weighted by Gasteiger charge is 2.19. The van der Waals surface area contributed by atoms with E-state index in [9.17, 15) is 9.59 Å². The van der Waals surface area contributed by atoms with Crippen molar-refractivity contribution in [3.8, 4) is 0 Å². The molecule has 0 fully saturated rings. The number of nitrogens with one attached hydrogen (secondary N) is 2. The molecular formula is C21H24BrN3O2. The molecule has 0 bridgehead atoms. The maximum absolute atomic E-state index is 12.4. The van der Waals surface area contributed by atoms with Crippen LogP contribution in [-0.4, -0.2) is 29.9 Å². The molecule has 3 rings (SSSR count). The van der Waals surface area contributed by atoms with Gasteiger partial charge in [-0.15, -0.1) is 0 Å². The van der Waals surface area contributed by atoms with Gasteiger partial charge in [-0.25, -0.2) is 4.79 Å². The summed E-state index contributed by atoms with van der Waals surface area (Å²) in [4.78, 5) is 26.2. The van der Waals surface area contributed by atoms with Gasteiger partial charge >= 0.3 is 6.03 Å². The highest BCUT2D eigenvalue weighted by Crippen LogP contribution is 2.19. The molecule has 1 heterocycles. The van der Waals surface area contributed by atoms with Gasteiger partial charge in [0.15, 0.2) is 0 Å². The molecule has 5 nitrogen and oxygen atoms in total. The van der Waals surface area contributed by atoms with E-state index >= 15 is 0 Å². The van der Waals surface area contributed by atoms with E-state index < -0.39 is 0 Å². The molecule has 1 aliphatic heterocycles. The van der Waals surface area contributed by atoms with Crippen molar-refractivity contribution in [2.24, 2.45) is 0 Å². The molecule has 0 spiro atoms. The second-order valence-corrected chi connectivity index (χ2v) is 7.59. The number of halogens is 1. The molecule has 0 aliphatic carbocycles. The summed E-state index contributed by atoms with van der Waals surface area (Å²) < 4.78 is 0.987. The maximum atomic E-state index is 12.4.